The number of nitrogens with two attached hydrogens (primary N) is 1. The van der Waals surface area contributed by atoms with Gasteiger partial charge in [-0.25, -0.2) is 17.9 Å². The normalized spacial score (nSPS) is 10.9. The van der Waals surface area contributed by atoms with Crippen LogP contribution in [-0.2, 0) is 10.0 Å². The van der Waals surface area contributed by atoms with Gasteiger partial charge >= 0.3 is 0 Å². The standard InChI is InChI=1S/C12H15FN2O3S/c1-8(2)3-4-15-12(16)9-5-10(13)7-11(6-9)19(14,17)18/h3,5-7H,4H2,1-2H3,(H,15,16)(H2,14,17,18). The van der Waals surface area contributed by atoms with Crippen molar-refractivity contribution in [3.8, 4) is 0 Å². The molecule has 0 bridgehead atoms. The van der Waals surface area contributed by atoms with E-state index in [0.717, 1.165) is 23.8 Å². The molecule has 0 fully saturated rings. The van der Waals surface area contributed by atoms with Crippen LogP contribution in [0.4, 0.5) is 4.39 Å². The number of primary sulfonamides is 1. The Kier molecular flexibility index (Phi) is 4.79. The van der Waals surface area contributed by atoms with Crippen molar-refractivity contribution >= 4 is 15.9 Å². The lowest BCUT2D eigenvalue weighted by molar-refractivity contribution is 0.0957. The Morgan fingerprint density at radius 1 is 1.37 bits per heavy atom. The number of rotatable bonds is 4. The predicted molar refractivity (Wildman–Crippen MR) is 69.5 cm³/mol. The van der Waals surface area contributed by atoms with E-state index in [1.165, 1.54) is 0 Å². The third-order valence-electron chi connectivity index (χ3n) is 2.23. The van der Waals surface area contributed by atoms with E-state index >= 15 is 0 Å². The zero-order chi connectivity index (χ0) is 14.6. The molecule has 0 aliphatic heterocycles. The lowest BCUT2D eigenvalue weighted by Crippen LogP contribution is -2.24. The fraction of sp³-hybridized carbons (Fsp3) is 0.250. The molecule has 104 valence electrons. The molecule has 1 aromatic carbocycles. The van der Waals surface area contributed by atoms with Gasteiger partial charge in [0.05, 0.1) is 4.90 Å². The van der Waals surface area contributed by atoms with Crippen LogP contribution in [0.25, 0.3) is 0 Å². The molecule has 5 nitrogen and oxygen atoms in total. The number of halogens is 1. The van der Waals surface area contributed by atoms with Gasteiger partial charge < -0.3 is 5.32 Å². The first-order valence-corrected chi connectivity index (χ1v) is 7.00. The van der Waals surface area contributed by atoms with Gasteiger partial charge in [0, 0.05) is 12.1 Å². The molecule has 3 N–H and O–H groups in total. The van der Waals surface area contributed by atoms with E-state index in [1.54, 1.807) is 6.08 Å². The number of hydrogen-bond donors (Lipinski definition) is 2. The number of allylic oxidation sites excluding steroid dienone is 1. The summed E-state index contributed by atoms with van der Waals surface area (Å²) in [6.45, 7) is 4.02. The highest BCUT2D eigenvalue weighted by Gasteiger charge is 2.14. The van der Waals surface area contributed by atoms with E-state index in [9.17, 15) is 17.6 Å². The van der Waals surface area contributed by atoms with Crippen molar-refractivity contribution in [1.82, 2.24) is 5.32 Å². The minimum atomic E-state index is -4.05. The molecule has 1 aromatic rings. The van der Waals surface area contributed by atoms with E-state index in [0.29, 0.717) is 0 Å². The Labute approximate surface area is 111 Å². The third kappa shape index (κ3) is 4.80. The second-order valence-electron chi connectivity index (χ2n) is 4.21. The third-order valence-corrected chi connectivity index (χ3v) is 3.13. The van der Waals surface area contributed by atoms with Gasteiger partial charge in [-0.15, -0.1) is 0 Å². The maximum absolute atomic E-state index is 13.3. The maximum atomic E-state index is 13.3. The molecular weight excluding hydrogens is 271 g/mol. The van der Waals surface area contributed by atoms with Crippen LogP contribution in [-0.4, -0.2) is 20.9 Å². The number of carbonyl (C=O) groups excluding carboxylic acids is 1. The average molecular weight is 286 g/mol. The van der Waals surface area contributed by atoms with Crippen LogP contribution in [0.3, 0.4) is 0 Å². The molecule has 0 saturated heterocycles. The van der Waals surface area contributed by atoms with Crippen molar-refractivity contribution in [2.45, 2.75) is 18.7 Å². The maximum Gasteiger partial charge on any atom is 0.251 e. The molecular formula is C12H15FN2O3S. The summed E-state index contributed by atoms with van der Waals surface area (Å²) in [6, 6.07) is 2.75. The van der Waals surface area contributed by atoms with Crippen LogP contribution in [0.2, 0.25) is 0 Å². The molecule has 0 saturated carbocycles. The Balaban J connectivity index is 2.98. The number of amides is 1. The summed E-state index contributed by atoms with van der Waals surface area (Å²) in [5.74, 6) is -1.40. The monoisotopic (exact) mass is 286 g/mol. The van der Waals surface area contributed by atoms with Crippen molar-refractivity contribution in [3.63, 3.8) is 0 Å². The summed E-state index contributed by atoms with van der Waals surface area (Å²) < 4.78 is 35.5. The van der Waals surface area contributed by atoms with E-state index in [1.807, 2.05) is 13.8 Å². The van der Waals surface area contributed by atoms with Gasteiger partial charge in [0.25, 0.3) is 5.91 Å². The van der Waals surface area contributed by atoms with Crippen molar-refractivity contribution in [3.05, 3.63) is 41.2 Å². The lowest BCUT2D eigenvalue weighted by atomic mass is 10.2. The molecule has 0 aliphatic carbocycles. The van der Waals surface area contributed by atoms with Gasteiger partial charge in [-0.2, -0.15) is 0 Å². The summed E-state index contributed by atoms with van der Waals surface area (Å²) in [4.78, 5) is 11.3. The van der Waals surface area contributed by atoms with Gasteiger partial charge in [0.2, 0.25) is 10.0 Å². The molecule has 0 atom stereocenters. The lowest BCUT2D eigenvalue weighted by Gasteiger charge is -2.05. The number of carbonyl (C=O) groups is 1. The zero-order valence-electron chi connectivity index (χ0n) is 10.6. The van der Waals surface area contributed by atoms with Crippen LogP contribution in [0.1, 0.15) is 24.2 Å². The summed E-state index contributed by atoms with van der Waals surface area (Å²) in [5.41, 5.74) is 0.927. The van der Waals surface area contributed by atoms with Crippen molar-refractivity contribution in [2.75, 3.05) is 6.54 Å². The van der Waals surface area contributed by atoms with E-state index in [4.69, 9.17) is 5.14 Å². The van der Waals surface area contributed by atoms with Gasteiger partial charge in [-0.1, -0.05) is 11.6 Å². The highest BCUT2D eigenvalue weighted by molar-refractivity contribution is 7.89. The number of nitrogens with one attached hydrogen (secondary N) is 1. The van der Waals surface area contributed by atoms with Crippen molar-refractivity contribution in [2.24, 2.45) is 5.14 Å². The number of hydrogen-bond acceptors (Lipinski definition) is 3. The van der Waals surface area contributed by atoms with Crippen LogP contribution < -0.4 is 10.5 Å². The fourth-order valence-electron chi connectivity index (χ4n) is 1.31. The SMILES string of the molecule is CC(C)=CCNC(=O)c1cc(F)cc(S(N)(=O)=O)c1. The molecule has 1 rings (SSSR count). The van der Waals surface area contributed by atoms with Crippen molar-refractivity contribution in [1.29, 1.82) is 0 Å². The minimum Gasteiger partial charge on any atom is -0.349 e. The molecule has 1 amide bonds. The average Bonchev–Trinajstić information content (AvgIpc) is 2.26. The number of sulfonamides is 1. The smallest absolute Gasteiger partial charge is 0.251 e. The van der Waals surface area contributed by atoms with Gasteiger partial charge in [-0.3, -0.25) is 4.79 Å². The summed E-state index contributed by atoms with van der Waals surface area (Å²) in [5, 5.41) is 7.42. The zero-order valence-corrected chi connectivity index (χ0v) is 11.4. The second-order valence-corrected chi connectivity index (χ2v) is 5.77. The predicted octanol–water partition coefficient (Wildman–Crippen LogP) is 1.17. The van der Waals surface area contributed by atoms with Crippen LogP contribution in [0.5, 0.6) is 0 Å². The minimum absolute atomic E-state index is 0.0915. The first-order chi connectivity index (χ1) is 8.70. The van der Waals surface area contributed by atoms with Gasteiger partial charge in [0.1, 0.15) is 5.82 Å². The second kappa shape index (κ2) is 5.94. The van der Waals surface area contributed by atoms with Crippen molar-refractivity contribution < 1.29 is 17.6 Å². The molecule has 0 spiro atoms. The number of benzene rings is 1. The largest absolute Gasteiger partial charge is 0.349 e. The Morgan fingerprint density at radius 3 is 2.53 bits per heavy atom. The highest BCUT2D eigenvalue weighted by Crippen LogP contribution is 2.13. The van der Waals surface area contributed by atoms with Crippen LogP contribution in [0.15, 0.2) is 34.7 Å². The molecule has 0 unspecified atom stereocenters. The van der Waals surface area contributed by atoms with E-state index in [-0.39, 0.29) is 12.1 Å². The quantitative estimate of drug-likeness (QED) is 0.814. The summed E-state index contributed by atoms with van der Waals surface area (Å²) in [7, 11) is -4.05. The summed E-state index contributed by atoms with van der Waals surface area (Å²) >= 11 is 0. The highest BCUT2D eigenvalue weighted by atomic mass is 32.2. The van der Waals surface area contributed by atoms with Crippen LogP contribution in [0, 0.1) is 5.82 Å². The van der Waals surface area contributed by atoms with Crippen LogP contribution >= 0.6 is 0 Å². The Morgan fingerprint density at radius 2 is 2.00 bits per heavy atom. The molecule has 19 heavy (non-hydrogen) atoms. The molecule has 0 heterocycles. The van der Waals surface area contributed by atoms with Gasteiger partial charge in [-0.05, 0) is 32.0 Å². The van der Waals surface area contributed by atoms with E-state index in [2.05, 4.69) is 5.32 Å². The fourth-order valence-corrected chi connectivity index (χ4v) is 1.88. The molecule has 0 radical (unpaired) electrons. The first-order valence-electron chi connectivity index (χ1n) is 5.45. The topological polar surface area (TPSA) is 89.3 Å². The van der Waals surface area contributed by atoms with Gasteiger partial charge in [0.15, 0.2) is 0 Å². The Hall–Kier alpha value is -1.73. The molecule has 7 heteroatoms. The summed E-state index contributed by atoms with van der Waals surface area (Å²) in [6.07, 6.45) is 1.78. The Bertz CT molecular complexity index is 620. The molecule has 0 aromatic heterocycles. The first kappa shape index (κ1) is 15.3. The van der Waals surface area contributed by atoms with E-state index < -0.39 is 26.6 Å². The molecule has 0 aliphatic rings.